The first-order valence-electron chi connectivity index (χ1n) is 8.22. The van der Waals surface area contributed by atoms with Crippen LogP contribution >= 0.6 is 24.0 Å². The fourth-order valence-corrected chi connectivity index (χ4v) is 4.25. The molecule has 1 aliphatic carbocycles. The van der Waals surface area contributed by atoms with Gasteiger partial charge in [-0.3, -0.25) is 14.5 Å². The Hall–Kier alpha value is -1.60. The SMILES string of the molecule is O=C(CCCN1C(=O)C(=Cc2ccco2)SC1=S)NC1CCCC1. The lowest BCUT2D eigenvalue weighted by atomic mass is 10.2. The van der Waals surface area contributed by atoms with Crippen LogP contribution < -0.4 is 5.32 Å². The molecule has 0 spiro atoms. The summed E-state index contributed by atoms with van der Waals surface area (Å²) in [6.07, 6.45) is 8.86. The maximum atomic E-state index is 12.4. The number of thioether (sulfide) groups is 1. The summed E-state index contributed by atoms with van der Waals surface area (Å²) in [7, 11) is 0. The Labute approximate surface area is 150 Å². The number of rotatable bonds is 6. The van der Waals surface area contributed by atoms with Crippen molar-refractivity contribution in [3.05, 3.63) is 29.1 Å². The third-order valence-electron chi connectivity index (χ3n) is 4.20. The largest absolute Gasteiger partial charge is 0.465 e. The smallest absolute Gasteiger partial charge is 0.266 e. The minimum absolute atomic E-state index is 0.0680. The van der Waals surface area contributed by atoms with E-state index in [2.05, 4.69) is 5.32 Å². The highest BCUT2D eigenvalue weighted by atomic mass is 32.2. The molecule has 128 valence electrons. The molecule has 1 saturated heterocycles. The van der Waals surface area contributed by atoms with E-state index in [1.807, 2.05) is 0 Å². The Bertz CT molecular complexity index is 649. The van der Waals surface area contributed by atoms with Gasteiger partial charge in [-0.25, -0.2) is 0 Å². The van der Waals surface area contributed by atoms with E-state index < -0.39 is 0 Å². The van der Waals surface area contributed by atoms with Crippen LogP contribution in [0.5, 0.6) is 0 Å². The maximum absolute atomic E-state index is 12.4. The average molecular weight is 364 g/mol. The van der Waals surface area contributed by atoms with Gasteiger partial charge in [0.05, 0.1) is 11.2 Å². The summed E-state index contributed by atoms with van der Waals surface area (Å²) in [4.78, 5) is 26.5. The number of carbonyl (C=O) groups is 2. The number of hydrogen-bond acceptors (Lipinski definition) is 5. The molecule has 0 aromatic carbocycles. The lowest BCUT2D eigenvalue weighted by Crippen LogP contribution is -2.34. The van der Waals surface area contributed by atoms with Gasteiger partial charge in [-0.05, 0) is 31.4 Å². The Morgan fingerprint density at radius 3 is 2.96 bits per heavy atom. The fraction of sp³-hybridized carbons (Fsp3) is 0.471. The van der Waals surface area contributed by atoms with Gasteiger partial charge in [0.15, 0.2) is 0 Å². The van der Waals surface area contributed by atoms with Gasteiger partial charge in [-0.15, -0.1) is 0 Å². The van der Waals surface area contributed by atoms with Crippen LogP contribution in [0.3, 0.4) is 0 Å². The Balaban J connectivity index is 1.47. The van der Waals surface area contributed by atoms with E-state index in [1.165, 1.54) is 24.6 Å². The molecule has 2 amide bonds. The summed E-state index contributed by atoms with van der Waals surface area (Å²) in [6, 6.07) is 3.90. The minimum Gasteiger partial charge on any atom is -0.465 e. The predicted molar refractivity (Wildman–Crippen MR) is 98.2 cm³/mol. The second-order valence-electron chi connectivity index (χ2n) is 6.00. The van der Waals surface area contributed by atoms with Gasteiger partial charge >= 0.3 is 0 Å². The maximum Gasteiger partial charge on any atom is 0.266 e. The first kappa shape index (κ1) is 17.2. The van der Waals surface area contributed by atoms with Gasteiger partial charge in [0.1, 0.15) is 10.1 Å². The molecular formula is C17H20N2O3S2. The van der Waals surface area contributed by atoms with E-state index in [4.69, 9.17) is 16.6 Å². The molecule has 3 rings (SSSR count). The molecule has 5 nitrogen and oxygen atoms in total. The van der Waals surface area contributed by atoms with Crippen LogP contribution in [0.25, 0.3) is 6.08 Å². The quantitative estimate of drug-likeness (QED) is 0.620. The summed E-state index contributed by atoms with van der Waals surface area (Å²) in [5.41, 5.74) is 0. The van der Waals surface area contributed by atoms with Gasteiger partial charge < -0.3 is 9.73 Å². The first-order valence-corrected chi connectivity index (χ1v) is 9.44. The molecule has 0 atom stereocenters. The number of amides is 2. The third kappa shape index (κ3) is 4.27. The zero-order valence-electron chi connectivity index (χ0n) is 13.3. The summed E-state index contributed by atoms with van der Waals surface area (Å²) < 4.78 is 5.77. The van der Waals surface area contributed by atoms with Crippen LogP contribution in [0.1, 0.15) is 44.3 Å². The highest BCUT2D eigenvalue weighted by Crippen LogP contribution is 2.32. The molecule has 0 unspecified atom stereocenters. The van der Waals surface area contributed by atoms with E-state index in [0.29, 0.717) is 40.4 Å². The molecule has 2 fully saturated rings. The highest BCUT2D eigenvalue weighted by molar-refractivity contribution is 8.26. The van der Waals surface area contributed by atoms with Crippen molar-refractivity contribution in [2.45, 2.75) is 44.6 Å². The van der Waals surface area contributed by atoms with Crippen LogP contribution in [0.4, 0.5) is 0 Å². The van der Waals surface area contributed by atoms with Gasteiger partial charge in [0.25, 0.3) is 5.91 Å². The number of nitrogens with zero attached hydrogens (tertiary/aromatic N) is 1. The number of nitrogens with one attached hydrogen (secondary N) is 1. The lowest BCUT2D eigenvalue weighted by molar-refractivity contribution is -0.124. The second kappa shape index (κ2) is 7.98. The summed E-state index contributed by atoms with van der Waals surface area (Å²) in [5, 5.41) is 3.06. The molecule has 0 bridgehead atoms. The number of hydrogen-bond donors (Lipinski definition) is 1. The second-order valence-corrected chi connectivity index (χ2v) is 7.68. The fourth-order valence-electron chi connectivity index (χ4n) is 2.96. The Kier molecular flexibility index (Phi) is 5.73. The molecule has 24 heavy (non-hydrogen) atoms. The van der Waals surface area contributed by atoms with Crippen molar-refractivity contribution in [1.82, 2.24) is 10.2 Å². The van der Waals surface area contributed by atoms with Crippen LogP contribution in [-0.2, 0) is 9.59 Å². The van der Waals surface area contributed by atoms with Crippen molar-refractivity contribution in [1.29, 1.82) is 0 Å². The topological polar surface area (TPSA) is 62.6 Å². The molecule has 1 aromatic heterocycles. The van der Waals surface area contributed by atoms with Crippen molar-refractivity contribution in [3.63, 3.8) is 0 Å². The molecule has 1 saturated carbocycles. The van der Waals surface area contributed by atoms with Crippen molar-refractivity contribution in [2.75, 3.05) is 6.54 Å². The predicted octanol–water partition coefficient (Wildman–Crippen LogP) is 3.32. The molecule has 1 N–H and O–H groups in total. The van der Waals surface area contributed by atoms with Crippen molar-refractivity contribution in [2.24, 2.45) is 0 Å². The van der Waals surface area contributed by atoms with E-state index >= 15 is 0 Å². The minimum atomic E-state index is -0.113. The number of furan rings is 1. The van der Waals surface area contributed by atoms with Gasteiger partial charge in [-0.2, -0.15) is 0 Å². The van der Waals surface area contributed by atoms with Gasteiger partial charge in [0, 0.05) is 25.1 Å². The molecule has 0 radical (unpaired) electrons. The number of carbonyl (C=O) groups excluding carboxylic acids is 2. The van der Waals surface area contributed by atoms with Gasteiger partial charge in [0.2, 0.25) is 5.91 Å². The van der Waals surface area contributed by atoms with Crippen LogP contribution in [-0.4, -0.2) is 33.6 Å². The van der Waals surface area contributed by atoms with Crippen molar-refractivity contribution in [3.8, 4) is 0 Å². The monoisotopic (exact) mass is 364 g/mol. The normalized spacial score (nSPS) is 20.3. The molecule has 7 heteroatoms. The molecule has 1 aromatic rings. The van der Waals surface area contributed by atoms with Crippen molar-refractivity contribution < 1.29 is 14.0 Å². The average Bonchev–Trinajstić information content (AvgIpc) is 3.27. The lowest BCUT2D eigenvalue weighted by Gasteiger charge is -2.15. The number of thiocarbonyl (C=S) groups is 1. The van der Waals surface area contributed by atoms with Crippen LogP contribution in [0.15, 0.2) is 27.7 Å². The van der Waals surface area contributed by atoms with E-state index in [9.17, 15) is 9.59 Å². The van der Waals surface area contributed by atoms with Crippen molar-refractivity contribution >= 4 is 46.2 Å². The first-order chi connectivity index (χ1) is 11.6. The van der Waals surface area contributed by atoms with E-state index in [-0.39, 0.29) is 11.8 Å². The highest BCUT2D eigenvalue weighted by Gasteiger charge is 2.31. The Morgan fingerprint density at radius 2 is 2.25 bits per heavy atom. The summed E-state index contributed by atoms with van der Waals surface area (Å²) >= 11 is 6.55. The standard InChI is InChI=1S/C17H20N2O3S2/c20-15(18-12-5-1-2-6-12)8-3-9-19-16(21)14(24-17(19)23)11-13-7-4-10-22-13/h4,7,10-12H,1-3,5-6,8-9H2,(H,18,20). The zero-order valence-corrected chi connectivity index (χ0v) is 15.0. The van der Waals surface area contributed by atoms with E-state index in [0.717, 1.165) is 12.8 Å². The van der Waals surface area contributed by atoms with Gasteiger partial charge in [-0.1, -0.05) is 36.8 Å². The molecule has 2 heterocycles. The summed E-state index contributed by atoms with van der Waals surface area (Å²) in [6.45, 7) is 0.470. The zero-order chi connectivity index (χ0) is 16.9. The molecule has 2 aliphatic rings. The molecule has 1 aliphatic heterocycles. The van der Waals surface area contributed by atoms with Crippen LogP contribution in [0, 0.1) is 0 Å². The summed E-state index contributed by atoms with van der Waals surface area (Å²) in [5.74, 6) is 0.586. The molecular weight excluding hydrogens is 344 g/mol. The van der Waals surface area contributed by atoms with Crippen LogP contribution in [0.2, 0.25) is 0 Å². The Morgan fingerprint density at radius 1 is 1.46 bits per heavy atom. The third-order valence-corrected chi connectivity index (χ3v) is 5.57. The van der Waals surface area contributed by atoms with E-state index in [1.54, 1.807) is 29.4 Å².